The molecule has 2 aromatic heterocycles. The highest BCUT2D eigenvalue weighted by Crippen LogP contribution is 2.32. The van der Waals surface area contributed by atoms with Crippen molar-refractivity contribution in [2.24, 2.45) is 0 Å². The quantitative estimate of drug-likeness (QED) is 0.882. The average Bonchev–Trinajstić information content (AvgIpc) is 2.55. The molecule has 1 aliphatic rings. The minimum Gasteiger partial charge on any atom is -0.384 e. The number of hydrogen-bond acceptors (Lipinski definition) is 7. The predicted molar refractivity (Wildman–Crippen MR) is 82.1 cm³/mol. The van der Waals surface area contributed by atoms with Gasteiger partial charge in [-0.3, -0.25) is 0 Å². The highest BCUT2D eigenvalue weighted by atomic mass is 19.3. The Bertz CT molecular complexity index is 706. The predicted octanol–water partition coefficient (Wildman–Crippen LogP) is 1.48. The van der Waals surface area contributed by atoms with Gasteiger partial charge < -0.3 is 21.1 Å². The fourth-order valence-electron chi connectivity index (χ4n) is 2.38. The summed E-state index contributed by atoms with van der Waals surface area (Å²) in [6.07, 6.45) is -1.42. The normalized spacial score (nSPS) is 15.2. The second kappa shape index (κ2) is 6.29. The SMILES string of the molecule is Nc1cc(C(F)F)c(-c2cc(N)nc(N3CCOCC3)n2)cn1. The van der Waals surface area contributed by atoms with Crippen LogP contribution in [0.1, 0.15) is 12.0 Å². The lowest BCUT2D eigenvalue weighted by Crippen LogP contribution is -2.37. The molecule has 23 heavy (non-hydrogen) atoms. The molecule has 0 saturated carbocycles. The van der Waals surface area contributed by atoms with E-state index in [2.05, 4.69) is 15.0 Å². The summed E-state index contributed by atoms with van der Waals surface area (Å²) in [5.41, 5.74) is 11.6. The standard InChI is InChI=1S/C14H16F2N6O/c15-13(16)8-5-11(17)19-7-9(8)10-6-12(18)21-14(20-10)22-1-3-23-4-2-22/h5-7,13H,1-4H2,(H2,17,19)(H2,18,20,21). The Labute approximate surface area is 131 Å². The number of nitrogens with two attached hydrogens (primary N) is 2. The number of alkyl halides is 2. The van der Waals surface area contributed by atoms with Gasteiger partial charge in [-0.1, -0.05) is 0 Å². The minimum atomic E-state index is -2.70. The van der Waals surface area contributed by atoms with Crippen LogP contribution in [0.3, 0.4) is 0 Å². The summed E-state index contributed by atoms with van der Waals surface area (Å²) in [6.45, 7) is 2.34. The van der Waals surface area contributed by atoms with Crippen LogP contribution in [-0.4, -0.2) is 41.3 Å². The van der Waals surface area contributed by atoms with Gasteiger partial charge in [-0.25, -0.2) is 18.7 Å². The first-order chi connectivity index (χ1) is 11.0. The lowest BCUT2D eigenvalue weighted by atomic mass is 10.1. The monoisotopic (exact) mass is 322 g/mol. The van der Waals surface area contributed by atoms with Crippen molar-refractivity contribution in [3.8, 4) is 11.3 Å². The number of halogens is 2. The van der Waals surface area contributed by atoms with Gasteiger partial charge in [0.05, 0.1) is 18.9 Å². The smallest absolute Gasteiger partial charge is 0.264 e. The molecule has 9 heteroatoms. The maximum atomic E-state index is 13.3. The summed E-state index contributed by atoms with van der Waals surface area (Å²) in [5.74, 6) is 0.619. The number of morpholine rings is 1. The van der Waals surface area contributed by atoms with Gasteiger partial charge in [-0.15, -0.1) is 0 Å². The van der Waals surface area contributed by atoms with Gasteiger partial charge in [0.2, 0.25) is 5.95 Å². The number of nitrogen functional groups attached to an aromatic ring is 2. The second-order valence-corrected chi connectivity index (χ2v) is 5.07. The first-order valence-corrected chi connectivity index (χ1v) is 7.06. The molecule has 2 aromatic rings. The third kappa shape index (κ3) is 3.29. The Balaban J connectivity index is 2.05. The molecule has 0 aliphatic carbocycles. The van der Waals surface area contributed by atoms with Crippen molar-refractivity contribution in [3.63, 3.8) is 0 Å². The van der Waals surface area contributed by atoms with Crippen molar-refractivity contribution in [3.05, 3.63) is 23.9 Å². The van der Waals surface area contributed by atoms with Crippen LogP contribution in [-0.2, 0) is 4.74 Å². The summed E-state index contributed by atoms with van der Waals surface area (Å²) in [5, 5.41) is 0. The largest absolute Gasteiger partial charge is 0.384 e. The lowest BCUT2D eigenvalue weighted by molar-refractivity contribution is 0.122. The fraction of sp³-hybridized carbons (Fsp3) is 0.357. The number of aromatic nitrogens is 3. The van der Waals surface area contributed by atoms with E-state index in [-0.39, 0.29) is 22.8 Å². The molecule has 0 aromatic carbocycles. The molecule has 4 N–H and O–H groups in total. The van der Waals surface area contributed by atoms with E-state index in [9.17, 15) is 8.78 Å². The van der Waals surface area contributed by atoms with Crippen LogP contribution < -0.4 is 16.4 Å². The van der Waals surface area contributed by atoms with Crippen molar-refractivity contribution in [1.29, 1.82) is 0 Å². The van der Waals surface area contributed by atoms with Crippen LogP contribution in [0.25, 0.3) is 11.3 Å². The molecule has 7 nitrogen and oxygen atoms in total. The molecule has 3 rings (SSSR count). The van der Waals surface area contributed by atoms with Crippen LogP contribution in [0.2, 0.25) is 0 Å². The minimum absolute atomic E-state index is 0.0273. The van der Waals surface area contributed by atoms with E-state index in [4.69, 9.17) is 16.2 Å². The number of pyridine rings is 1. The van der Waals surface area contributed by atoms with E-state index in [1.807, 2.05) is 4.90 Å². The maximum absolute atomic E-state index is 13.3. The highest BCUT2D eigenvalue weighted by molar-refractivity contribution is 5.68. The molecule has 0 bridgehead atoms. The van der Waals surface area contributed by atoms with Gasteiger partial charge in [0.25, 0.3) is 6.43 Å². The third-order valence-corrected chi connectivity index (χ3v) is 3.50. The molecule has 1 fully saturated rings. The van der Waals surface area contributed by atoms with E-state index in [1.54, 1.807) is 0 Å². The number of hydrogen-bond donors (Lipinski definition) is 2. The van der Waals surface area contributed by atoms with Gasteiger partial charge in [0.15, 0.2) is 0 Å². The summed E-state index contributed by atoms with van der Waals surface area (Å²) in [6, 6.07) is 2.59. The van der Waals surface area contributed by atoms with E-state index >= 15 is 0 Å². The van der Waals surface area contributed by atoms with Crippen LogP contribution in [0.4, 0.5) is 26.4 Å². The molecule has 0 radical (unpaired) electrons. The molecule has 122 valence electrons. The van der Waals surface area contributed by atoms with E-state index in [0.717, 1.165) is 6.07 Å². The molecule has 0 spiro atoms. The molecule has 0 amide bonds. The average molecular weight is 322 g/mol. The van der Waals surface area contributed by atoms with Crippen LogP contribution in [0.15, 0.2) is 18.3 Å². The zero-order valence-electron chi connectivity index (χ0n) is 12.2. The van der Waals surface area contributed by atoms with Crippen LogP contribution in [0, 0.1) is 0 Å². The summed E-state index contributed by atoms with van der Waals surface area (Å²) >= 11 is 0. The highest BCUT2D eigenvalue weighted by Gasteiger charge is 2.20. The molecule has 0 unspecified atom stereocenters. The summed E-state index contributed by atoms with van der Waals surface area (Å²) < 4.78 is 31.8. The molecular weight excluding hydrogens is 306 g/mol. The Morgan fingerprint density at radius 2 is 1.83 bits per heavy atom. The van der Waals surface area contributed by atoms with Crippen LogP contribution >= 0.6 is 0 Å². The molecule has 1 saturated heterocycles. The Kier molecular flexibility index (Phi) is 4.20. The van der Waals surface area contributed by atoms with Gasteiger partial charge in [0.1, 0.15) is 11.6 Å². The van der Waals surface area contributed by atoms with Crippen LogP contribution in [0.5, 0.6) is 0 Å². The van der Waals surface area contributed by atoms with Gasteiger partial charge in [-0.05, 0) is 6.07 Å². The topological polar surface area (TPSA) is 103 Å². The zero-order valence-corrected chi connectivity index (χ0v) is 12.2. The Morgan fingerprint density at radius 3 is 2.52 bits per heavy atom. The zero-order chi connectivity index (χ0) is 16.4. The van der Waals surface area contributed by atoms with E-state index < -0.39 is 6.43 Å². The van der Waals surface area contributed by atoms with Crippen molar-refractivity contribution < 1.29 is 13.5 Å². The molecular formula is C14H16F2N6O. The number of anilines is 3. The second-order valence-electron chi connectivity index (χ2n) is 5.07. The number of ether oxygens (including phenoxy) is 1. The van der Waals surface area contributed by atoms with Gasteiger partial charge in [-0.2, -0.15) is 4.98 Å². The first kappa shape index (κ1) is 15.3. The molecule has 3 heterocycles. The third-order valence-electron chi connectivity index (χ3n) is 3.50. The summed E-state index contributed by atoms with van der Waals surface area (Å²) in [4.78, 5) is 14.3. The van der Waals surface area contributed by atoms with Crippen molar-refractivity contribution >= 4 is 17.6 Å². The van der Waals surface area contributed by atoms with E-state index in [1.165, 1.54) is 12.3 Å². The first-order valence-electron chi connectivity index (χ1n) is 7.06. The number of nitrogens with zero attached hydrogens (tertiary/aromatic N) is 4. The summed E-state index contributed by atoms with van der Waals surface area (Å²) in [7, 11) is 0. The fourth-order valence-corrected chi connectivity index (χ4v) is 2.38. The van der Waals surface area contributed by atoms with Crippen molar-refractivity contribution in [2.75, 3.05) is 42.7 Å². The van der Waals surface area contributed by atoms with Gasteiger partial charge >= 0.3 is 0 Å². The number of rotatable bonds is 3. The lowest BCUT2D eigenvalue weighted by Gasteiger charge is -2.27. The molecule has 1 aliphatic heterocycles. The van der Waals surface area contributed by atoms with Crippen molar-refractivity contribution in [2.45, 2.75) is 6.43 Å². The van der Waals surface area contributed by atoms with Gasteiger partial charge in [0, 0.05) is 36.5 Å². The Hall–Kier alpha value is -2.55. The maximum Gasteiger partial charge on any atom is 0.264 e. The Morgan fingerprint density at radius 1 is 1.09 bits per heavy atom. The van der Waals surface area contributed by atoms with Crippen molar-refractivity contribution in [1.82, 2.24) is 15.0 Å². The molecule has 0 atom stereocenters. The van der Waals surface area contributed by atoms with E-state index in [0.29, 0.717) is 37.9 Å².